The van der Waals surface area contributed by atoms with Crippen molar-refractivity contribution >= 4 is 11.6 Å². The Kier molecular flexibility index (Phi) is 3.96. The van der Waals surface area contributed by atoms with Crippen LogP contribution in [0.2, 0.25) is 5.15 Å². The number of nitrogens with zero attached hydrogens (tertiary/aromatic N) is 3. The highest BCUT2D eigenvalue weighted by Gasteiger charge is 2.35. The number of nitrogens with one attached hydrogen (secondary N) is 1. The lowest BCUT2D eigenvalue weighted by Gasteiger charge is -2.38. The minimum Gasteiger partial charge on any atom is -0.363 e. The van der Waals surface area contributed by atoms with Gasteiger partial charge in [-0.2, -0.15) is 0 Å². The number of nitro groups is 1. The van der Waals surface area contributed by atoms with E-state index in [2.05, 4.69) is 10.3 Å². The summed E-state index contributed by atoms with van der Waals surface area (Å²) in [7, 11) is 0. The maximum Gasteiger partial charge on any atom is 0.274 e. The molecule has 1 aliphatic heterocycles. The Morgan fingerprint density at radius 2 is 2.38 bits per heavy atom. The maximum atomic E-state index is 10.8. The third kappa shape index (κ3) is 3.26. The molecule has 1 aromatic heterocycles. The number of aromatic nitrogens is 1. The minimum absolute atomic E-state index is 0.371. The molecule has 1 N–H and O–H groups in total. The summed E-state index contributed by atoms with van der Waals surface area (Å²) in [5.74, 6) is 1.16. The molecule has 2 aliphatic rings. The zero-order valence-electron chi connectivity index (χ0n) is 11.5. The fourth-order valence-corrected chi connectivity index (χ4v) is 3.31. The van der Waals surface area contributed by atoms with Crippen LogP contribution in [-0.2, 0) is 6.54 Å². The molecule has 2 heterocycles. The quantitative estimate of drug-likeness (QED) is 0.527. The molecule has 7 heteroatoms. The summed E-state index contributed by atoms with van der Waals surface area (Å²) >= 11 is 5.79. The maximum absolute atomic E-state index is 10.8. The zero-order valence-corrected chi connectivity index (χ0v) is 12.3. The molecule has 0 bridgehead atoms. The molecule has 0 spiro atoms. The van der Waals surface area contributed by atoms with Gasteiger partial charge >= 0.3 is 0 Å². The molecule has 1 aliphatic carbocycles. The molecule has 21 heavy (non-hydrogen) atoms. The first-order valence-electron chi connectivity index (χ1n) is 7.09. The van der Waals surface area contributed by atoms with Gasteiger partial charge in [0, 0.05) is 25.3 Å². The van der Waals surface area contributed by atoms with Crippen LogP contribution in [0.5, 0.6) is 0 Å². The molecule has 3 rings (SSSR count). The summed E-state index contributed by atoms with van der Waals surface area (Å²) < 4.78 is 0. The molecular weight excluding hydrogens is 292 g/mol. The number of rotatable bonds is 3. The van der Waals surface area contributed by atoms with Gasteiger partial charge in [-0.15, -0.1) is 0 Å². The van der Waals surface area contributed by atoms with Crippen molar-refractivity contribution in [1.82, 2.24) is 15.2 Å². The van der Waals surface area contributed by atoms with Crippen molar-refractivity contribution in [2.24, 2.45) is 5.92 Å². The van der Waals surface area contributed by atoms with Gasteiger partial charge in [-0.05, 0) is 30.4 Å². The predicted molar refractivity (Wildman–Crippen MR) is 79.0 cm³/mol. The second-order valence-electron chi connectivity index (χ2n) is 5.61. The van der Waals surface area contributed by atoms with Crippen molar-refractivity contribution in [2.75, 3.05) is 6.54 Å². The van der Waals surface area contributed by atoms with Crippen LogP contribution in [0, 0.1) is 16.0 Å². The molecule has 112 valence electrons. The van der Waals surface area contributed by atoms with Crippen LogP contribution in [0.3, 0.4) is 0 Å². The van der Waals surface area contributed by atoms with E-state index in [1.807, 2.05) is 11.0 Å². The Morgan fingerprint density at radius 3 is 3.10 bits per heavy atom. The molecule has 6 nitrogen and oxygen atoms in total. The molecular formula is C14H17ClN4O2. The van der Waals surface area contributed by atoms with Gasteiger partial charge in [0.2, 0.25) is 0 Å². The number of fused-ring (bicyclic) bond motifs is 1. The lowest BCUT2D eigenvalue weighted by atomic mass is 10.00. The van der Waals surface area contributed by atoms with Crippen molar-refractivity contribution in [3.63, 3.8) is 0 Å². The SMILES string of the molecule is O=[N+]([O-])/C=C1\NC2CCCC2CN1Cc1ccc(Cl)nc1. The lowest BCUT2D eigenvalue weighted by Crippen LogP contribution is -2.49. The molecule has 1 saturated carbocycles. The van der Waals surface area contributed by atoms with Gasteiger partial charge in [0.1, 0.15) is 5.15 Å². The van der Waals surface area contributed by atoms with E-state index in [0.29, 0.717) is 29.5 Å². The van der Waals surface area contributed by atoms with E-state index in [4.69, 9.17) is 11.6 Å². The summed E-state index contributed by atoms with van der Waals surface area (Å²) in [4.78, 5) is 16.5. The van der Waals surface area contributed by atoms with Gasteiger partial charge in [0.25, 0.3) is 6.20 Å². The molecule has 1 saturated heterocycles. The second kappa shape index (κ2) is 5.89. The molecule has 2 fully saturated rings. The van der Waals surface area contributed by atoms with E-state index in [-0.39, 0.29) is 0 Å². The molecule has 0 amide bonds. The van der Waals surface area contributed by atoms with E-state index in [0.717, 1.165) is 24.7 Å². The number of hydrogen-bond donors (Lipinski definition) is 1. The van der Waals surface area contributed by atoms with Crippen molar-refractivity contribution in [3.8, 4) is 0 Å². The van der Waals surface area contributed by atoms with E-state index >= 15 is 0 Å². The van der Waals surface area contributed by atoms with Crippen molar-refractivity contribution in [1.29, 1.82) is 0 Å². The highest BCUT2D eigenvalue weighted by atomic mass is 35.5. The van der Waals surface area contributed by atoms with E-state index in [1.165, 1.54) is 12.8 Å². The number of halogens is 1. The monoisotopic (exact) mass is 308 g/mol. The van der Waals surface area contributed by atoms with E-state index in [9.17, 15) is 10.1 Å². The van der Waals surface area contributed by atoms with Crippen LogP contribution in [0.25, 0.3) is 0 Å². The Balaban J connectivity index is 1.79. The average molecular weight is 309 g/mol. The van der Waals surface area contributed by atoms with Gasteiger partial charge in [-0.25, -0.2) is 4.98 Å². The topological polar surface area (TPSA) is 71.3 Å². The highest BCUT2D eigenvalue weighted by Crippen LogP contribution is 2.32. The van der Waals surface area contributed by atoms with Gasteiger partial charge < -0.3 is 10.2 Å². The Morgan fingerprint density at radius 1 is 1.52 bits per heavy atom. The van der Waals surface area contributed by atoms with Crippen LogP contribution in [0.15, 0.2) is 30.4 Å². The fraction of sp³-hybridized carbons (Fsp3) is 0.500. The first-order valence-corrected chi connectivity index (χ1v) is 7.47. The Hall–Kier alpha value is -1.82. The summed E-state index contributed by atoms with van der Waals surface area (Å²) in [5.41, 5.74) is 0.992. The fourth-order valence-electron chi connectivity index (χ4n) is 3.20. The first-order chi connectivity index (χ1) is 10.1. The first kappa shape index (κ1) is 14.1. The van der Waals surface area contributed by atoms with E-state index < -0.39 is 4.92 Å². The van der Waals surface area contributed by atoms with E-state index in [1.54, 1.807) is 12.3 Å². The van der Waals surface area contributed by atoms with Crippen LogP contribution < -0.4 is 5.32 Å². The predicted octanol–water partition coefficient (Wildman–Crippen LogP) is 2.38. The third-order valence-corrected chi connectivity index (χ3v) is 4.40. The van der Waals surface area contributed by atoms with Gasteiger partial charge in [0.15, 0.2) is 5.82 Å². The van der Waals surface area contributed by atoms with Crippen molar-refractivity contribution < 1.29 is 4.92 Å². The van der Waals surface area contributed by atoms with Gasteiger partial charge in [-0.3, -0.25) is 10.1 Å². The Labute approximate surface area is 128 Å². The molecule has 1 aromatic rings. The smallest absolute Gasteiger partial charge is 0.274 e. The van der Waals surface area contributed by atoms with Crippen LogP contribution in [-0.4, -0.2) is 27.4 Å². The largest absolute Gasteiger partial charge is 0.363 e. The van der Waals surface area contributed by atoms with Gasteiger partial charge in [0.05, 0.1) is 4.92 Å². The highest BCUT2D eigenvalue weighted by molar-refractivity contribution is 6.29. The summed E-state index contributed by atoms with van der Waals surface area (Å²) in [6.07, 6.45) is 6.24. The number of hydrogen-bond acceptors (Lipinski definition) is 5. The summed E-state index contributed by atoms with van der Waals surface area (Å²) in [6, 6.07) is 4.01. The molecule has 2 atom stereocenters. The van der Waals surface area contributed by atoms with Crippen LogP contribution in [0.1, 0.15) is 24.8 Å². The Bertz CT molecular complexity index is 561. The zero-order chi connectivity index (χ0) is 14.8. The molecule has 0 radical (unpaired) electrons. The number of pyridine rings is 1. The lowest BCUT2D eigenvalue weighted by molar-refractivity contribution is -0.405. The molecule has 2 unspecified atom stereocenters. The van der Waals surface area contributed by atoms with Crippen molar-refractivity contribution in [3.05, 3.63) is 51.2 Å². The minimum atomic E-state index is -0.398. The van der Waals surface area contributed by atoms with Gasteiger partial charge in [-0.1, -0.05) is 24.1 Å². The molecule has 0 aromatic carbocycles. The second-order valence-corrected chi connectivity index (χ2v) is 6.00. The van der Waals surface area contributed by atoms with Crippen molar-refractivity contribution in [2.45, 2.75) is 31.8 Å². The summed E-state index contributed by atoms with van der Waals surface area (Å²) in [6.45, 7) is 1.44. The standard InChI is InChI=1S/C14H17ClN4O2/c15-13-5-4-10(6-16-13)7-18-8-11-2-1-3-12(11)17-14(18)9-19(20)21/h4-6,9,11-12,17H,1-3,7-8H2/b14-9+. The third-order valence-electron chi connectivity index (χ3n) is 4.18. The normalized spacial score (nSPS) is 26.5. The van der Waals surface area contributed by atoms with Crippen LogP contribution in [0.4, 0.5) is 0 Å². The average Bonchev–Trinajstić information content (AvgIpc) is 2.88. The van der Waals surface area contributed by atoms with Crippen LogP contribution >= 0.6 is 11.6 Å². The summed E-state index contributed by atoms with van der Waals surface area (Å²) in [5, 5.41) is 14.6.